The molecule has 2 unspecified atom stereocenters. The van der Waals surface area contributed by atoms with Crippen LogP contribution in [-0.2, 0) is 14.8 Å². The molecule has 2 N–H and O–H groups in total. The lowest BCUT2D eigenvalue weighted by Crippen LogP contribution is -2.42. The van der Waals surface area contributed by atoms with Crippen LogP contribution in [0.15, 0.2) is 23.1 Å². The van der Waals surface area contributed by atoms with Gasteiger partial charge in [-0.05, 0) is 50.8 Å². The predicted molar refractivity (Wildman–Crippen MR) is 106 cm³/mol. The van der Waals surface area contributed by atoms with Gasteiger partial charge in [-0.1, -0.05) is 11.6 Å². The molecule has 0 spiro atoms. The van der Waals surface area contributed by atoms with Gasteiger partial charge in [0.15, 0.2) is 0 Å². The van der Waals surface area contributed by atoms with Gasteiger partial charge in [-0.3, -0.25) is 0 Å². The Morgan fingerprint density at radius 1 is 1.31 bits per heavy atom. The normalized spacial score (nSPS) is 18.8. The highest BCUT2D eigenvalue weighted by molar-refractivity contribution is 7.89. The van der Waals surface area contributed by atoms with Gasteiger partial charge in [0.1, 0.15) is 16.7 Å². The second kappa shape index (κ2) is 10.1. The van der Waals surface area contributed by atoms with Crippen molar-refractivity contribution in [3.63, 3.8) is 0 Å². The van der Waals surface area contributed by atoms with Gasteiger partial charge < -0.3 is 15.2 Å². The third kappa shape index (κ3) is 5.71. The van der Waals surface area contributed by atoms with Crippen molar-refractivity contribution in [3.05, 3.63) is 23.2 Å². The number of sulfonamides is 1. The van der Waals surface area contributed by atoms with Crippen molar-refractivity contribution in [2.75, 3.05) is 26.8 Å². The summed E-state index contributed by atoms with van der Waals surface area (Å²) < 4.78 is 38.5. The standard InChI is InChI=1S/C17H27ClN2O4S.ClH/c1-12(11-23-3)24-16-5-4-15(18)10-17(16)25(21,22)20-8-6-14(7-9-20)13(2)19;/h4-5,10,12-14H,6-9,11,19H2,1-3H3;1H. The molecular formula is C17H28Cl2N2O4S. The minimum absolute atomic E-state index is 0. The van der Waals surface area contributed by atoms with Gasteiger partial charge in [0, 0.05) is 31.3 Å². The summed E-state index contributed by atoms with van der Waals surface area (Å²) in [4.78, 5) is 0.0993. The molecule has 0 saturated carbocycles. The molecule has 26 heavy (non-hydrogen) atoms. The zero-order chi connectivity index (χ0) is 18.6. The summed E-state index contributed by atoms with van der Waals surface area (Å²) in [6.07, 6.45) is 1.24. The summed E-state index contributed by atoms with van der Waals surface area (Å²) >= 11 is 6.04. The summed E-state index contributed by atoms with van der Waals surface area (Å²) in [6, 6.07) is 4.74. The Balaban J connectivity index is 0.00000338. The maximum atomic E-state index is 13.1. The number of halogens is 2. The number of ether oxygens (including phenoxy) is 2. The first kappa shape index (κ1) is 23.5. The molecular weight excluding hydrogens is 399 g/mol. The molecule has 1 fully saturated rings. The van der Waals surface area contributed by atoms with Gasteiger partial charge in [0.2, 0.25) is 10.0 Å². The van der Waals surface area contributed by atoms with Gasteiger partial charge >= 0.3 is 0 Å². The van der Waals surface area contributed by atoms with Crippen molar-refractivity contribution in [2.45, 2.75) is 43.7 Å². The van der Waals surface area contributed by atoms with E-state index in [0.29, 0.717) is 36.4 Å². The van der Waals surface area contributed by atoms with Gasteiger partial charge in [-0.15, -0.1) is 12.4 Å². The lowest BCUT2D eigenvalue weighted by Gasteiger charge is -2.33. The van der Waals surface area contributed by atoms with Crippen LogP contribution in [0.1, 0.15) is 26.7 Å². The van der Waals surface area contributed by atoms with Crippen LogP contribution in [0, 0.1) is 5.92 Å². The first-order valence-electron chi connectivity index (χ1n) is 8.46. The monoisotopic (exact) mass is 426 g/mol. The van der Waals surface area contributed by atoms with Gasteiger partial charge in [0.05, 0.1) is 6.61 Å². The summed E-state index contributed by atoms with van der Waals surface area (Å²) in [7, 11) is -2.11. The lowest BCUT2D eigenvalue weighted by atomic mass is 9.92. The second-order valence-corrected chi connectivity index (χ2v) is 8.92. The van der Waals surface area contributed by atoms with E-state index < -0.39 is 10.0 Å². The molecule has 1 aliphatic heterocycles. The fourth-order valence-corrected chi connectivity index (χ4v) is 4.90. The Bertz CT molecular complexity index is 677. The summed E-state index contributed by atoms with van der Waals surface area (Å²) in [5.41, 5.74) is 5.94. The molecule has 6 nitrogen and oxygen atoms in total. The topological polar surface area (TPSA) is 81.9 Å². The van der Waals surface area contributed by atoms with E-state index in [9.17, 15) is 8.42 Å². The molecule has 2 rings (SSSR count). The van der Waals surface area contributed by atoms with E-state index in [0.717, 1.165) is 12.8 Å². The molecule has 2 atom stereocenters. The average molecular weight is 427 g/mol. The van der Waals surface area contributed by atoms with Crippen molar-refractivity contribution < 1.29 is 17.9 Å². The van der Waals surface area contributed by atoms with Crippen LogP contribution in [0.2, 0.25) is 5.02 Å². The number of nitrogens with two attached hydrogens (primary N) is 1. The number of nitrogens with zero attached hydrogens (tertiary/aromatic N) is 1. The van der Waals surface area contributed by atoms with Crippen molar-refractivity contribution in [1.82, 2.24) is 4.31 Å². The minimum atomic E-state index is -3.68. The van der Waals surface area contributed by atoms with Crippen LogP contribution < -0.4 is 10.5 Å². The second-order valence-electron chi connectivity index (χ2n) is 6.58. The van der Waals surface area contributed by atoms with E-state index in [1.807, 2.05) is 13.8 Å². The lowest BCUT2D eigenvalue weighted by molar-refractivity contribution is 0.0899. The molecule has 1 aliphatic rings. The highest BCUT2D eigenvalue weighted by Gasteiger charge is 2.33. The van der Waals surface area contributed by atoms with E-state index in [4.69, 9.17) is 26.8 Å². The van der Waals surface area contributed by atoms with Crippen LogP contribution in [0.4, 0.5) is 0 Å². The molecule has 150 valence electrons. The zero-order valence-electron chi connectivity index (χ0n) is 15.4. The number of methoxy groups -OCH3 is 1. The van der Waals surface area contributed by atoms with Crippen molar-refractivity contribution in [2.24, 2.45) is 11.7 Å². The number of hydrogen-bond acceptors (Lipinski definition) is 5. The summed E-state index contributed by atoms with van der Waals surface area (Å²) in [6.45, 7) is 5.06. The molecule has 0 radical (unpaired) electrons. The van der Waals surface area contributed by atoms with E-state index in [-0.39, 0.29) is 29.4 Å². The van der Waals surface area contributed by atoms with Crippen LogP contribution in [-0.4, -0.2) is 51.7 Å². The van der Waals surface area contributed by atoms with E-state index in [1.165, 1.54) is 10.4 Å². The number of piperidine rings is 1. The number of hydrogen-bond donors (Lipinski definition) is 1. The quantitative estimate of drug-likeness (QED) is 0.724. The summed E-state index contributed by atoms with van der Waals surface area (Å²) in [5, 5.41) is 0.357. The van der Waals surface area contributed by atoms with Crippen LogP contribution in [0.5, 0.6) is 5.75 Å². The zero-order valence-corrected chi connectivity index (χ0v) is 17.7. The maximum Gasteiger partial charge on any atom is 0.246 e. The van der Waals surface area contributed by atoms with Gasteiger partial charge in [-0.2, -0.15) is 4.31 Å². The Morgan fingerprint density at radius 2 is 1.92 bits per heavy atom. The first-order valence-corrected chi connectivity index (χ1v) is 10.3. The molecule has 1 heterocycles. The highest BCUT2D eigenvalue weighted by Crippen LogP contribution is 2.33. The number of rotatable bonds is 7. The van der Waals surface area contributed by atoms with E-state index in [2.05, 4.69) is 0 Å². The van der Waals surface area contributed by atoms with E-state index in [1.54, 1.807) is 19.2 Å². The molecule has 0 aliphatic carbocycles. The SMILES string of the molecule is COCC(C)Oc1ccc(Cl)cc1S(=O)(=O)N1CCC(C(C)N)CC1.Cl. The van der Waals surface area contributed by atoms with Crippen molar-refractivity contribution in [3.8, 4) is 5.75 Å². The van der Waals surface area contributed by atoms with Gasteiger partial charge in [-0.25, -0.2) is 8.42 Å². The molecule has 0 aromatic heterocycles. The van der Waals surface area contributed by atoms with Gasteiger partial charge in [0.25, 0.3) is 0 Å². The van der Waals surface area contributed by atoms with Crippen LogP contribution in [0.25, 0.3) is 0 Å². The average Bonchev–Trinajstić information content (AvgIpc) is 2.56. The molecule has 9 heteroatoms. The number of benzene rings is 1. The Morgan fingerprint density at radius 3 is 2.46 bits per heavy atom. The predicted octanol–water partition coefficient (Wildman–Crippen LogP) is 2.92. The third-order valence-corrected chi connectivity index (χ3v) is 6.65. The molecule has 1 saturated heterocycles. The van der Waals surface area contributed by atoms with E-state index >= 15 is 0 Å². The maximum absolute atomic E-state index is 13.1. The Labute approximate surface area is 167 Å². The Kier molecular flexibility index (Phi) is 9.12. The molecule has 1 aromatic rings. The first-order chi connectivity index (χ1) is 11.8. The summed E-state index contributed by atoms with van der Waals surface area (Å²) in [5.74, 6) is 0.645. The smallest absolute Gasteiger partial charge is 0.246 e. The highest BCUT2D eigenvalue weighted by atomic mass is 35.5. The molecule has 1 aromatic carbocycles. The van der Waals surface area contributed by atoms with Crippen molar-refractivity contribution >= 4 is 34.0 Å². The Hall–Kier alpha value is -0.570. The van der Waals surface area contributed by atoms with Crippen LogP contribution in [0.3, 0.4) is 0 Å². The molecule has 0 bridgehead atoms. The van der Waals surface area contributed by atoms with Crippen LogP contribution >= 0.6 is 24.0 Å². The third-order valence-electron chi connectivity index (χ3n) is 4.50. The largest absolute Gasteiger partial charge is 0.487 e. The van der Waals surface area contributed by atoms with Crippen molar-refractivity contribution in [1.29, 1.82) is 0 Å². The fourth-order valence-electron chi connectivity index (χ4n) is 3.05. The fraction of sp³-hybridized carbons (Fsp3) is 0.647. The molecule has 0 amide bonds. The minimum Gasteiger partial charge on any atom is -0.487 e.